The molecular formula is C81H90N2. The summed E-state index contributed by atoms with van der Waals surface area (Å²) < 4.78 is 0. The second-order valence-corrected chi connectivity index (χ2v) is 21.1. The molecule has 0 saturated heterocycles. The van der Waals surface area contributed by atoms with Crippen LogP contribution in [0.1, 0.15) is 126 Å². The van der Waals surface area contributed by atoms with Crippen molar-refractivity contribution < 1.29 is 0 Å². The largest absolute Gasteiger partial charge is 0.326 e. The molecule has 0 aliphatic heterocycles. The first-order valence-corrected chi connectivity index (χ1v) is 29.5. The minimum Gasteiger partial charge on any atom is -0.326 e. The van der Waals surface area contributed by atoms with Crippen LogP contribution in [0.15, 0.2) is 303 Å². The first-order chi connectivity index (χ1) is 40.4. The normalized spacial score (nSPS) is 16.9. The zero-order valence-corrected chi connectivity index (χ0v) is 50.9. The van der Waals surface area contributed by atoms with Gasteiger partial charge in [-0.15, -0.1) is 13.0 Å². The maximum atomic E-state index is 5.89. The van der Waals surface area contributed by atoms with Crippen LogP contribution < -0.4 is 10.6 Å². The van der Waals surface area contributed by atoms with E-state index in [-0.39, 0.29) is 5.41 Å². The molecule has 2 N–H and O–H groups in total. The molecule has 0 heterocycles. The Labute approximate surface area is 501 Å². The first-order valence-electron chi connectivity index (χ1n) is 29.5. The van der Waals surface area contributed by atoms with Gasteiger partial charge in [0.2, 0.25) is 0 Å². The number of nitrogens with two attached hydrogens (primary N) is 1. The van der Waals surface area contributed by atoms with E-state index in [0.717, 1.165) is 65.9 Å². The van der Waals surface area contributed by atoms with Crippen LogP contribution in [0.25, 0.3) is 28.3 Å². The summed E-state index contributed by atoms with van der Waals surface area (Å²) in [7, 11) is 0. The van der Waals surface area contributed by atoms with E-state index in [1.165, 1.54) is 55.7 Å². The zero-order valence-electron chi connectivity index (χ0n) is 50.9. The summed E-state index contributed by atoms with van der Waals surface area (Å²) >= 11 is 0. The summed E-state index contributed by atoms with van der Waals surface area (Å²) in [5, 5.41) is 0. The number of terminal acetylenes is 1. The van der Waals surface area contributed by atoms with Crippen molar-refractivity contribution in [1.82, 2.24) is 0 Å². The van der Waals surface area contributed by atoms with Crippen molar-refractivity contribution in [2.75, 3.05) is 11.4 Å². The lowest BCUT2D eigenvalue weighted by Gasteiger charge is -2.39. The lowest BCUT2D eigenvalue weighted by atomic mass is 9.65. The van der Waals surface area contributed by atoms with Gasteiger partial charge in [-0.3, -0.25) is 0 Å². The van der Waals surface area contributed by atoms with Crippen LogP contribution in [0.5, 0.6) is 0 Å². The summed E-state index contributed by atoms with van der Waals surface area (Å²) in [6.45, 7) is 29.6. The fourth-order valence-electron chi connectivity index (χ4n) is 10.0. The Balaban J connectivity index is 0.000000239. The fourth-order valence-corrected chi connectivity index (χ4v) is 10.0. The molecule has 3 atom stereocenters. The topological polar surface area (TPSA) is 29.3 Å². The maximum absolute atomic E-state index is 5.89. The van der Waals surface area contributed by atoms with Crippen molar-refractivity contribution in [2.24, 2.45) is 11.1 Å². The number of fused-ring (bicyclic) bond motifs is 3. The number of hydrogen-bond acceptors (Lipinski definition) is 2. The molecule has 0 saturated carbocycles. The van der Waals surface area contributed by atoms with E-state index in [9.17, 15) is 0 Å². The zero-order chi connectivity index (χ0) is 59.8. The fraction of sp³-hybridized carbons (Fsp3) is 0.210. The van der Waals surface area contributed by atoms with Gasteiger partial charge in [-0.25, -0.2) is 0 Å². The highest BCUT2D eigenvalue weighted by atomic mass is 15.2. The molecule has 0 amide bonds. The molecule has 0 spiro atoms. The predicted octanol–water partition coefficient (Wildman–Crippen LogP) is 22.1. The molecule has 2 heteroatoms. The smallest absolute Gasteiger partial charge is 0.0539 e. The minimum absolute atomic E-state index is 0.0812. The van der Waals surface area contributed by atoms with Gasteiger partial charge in [0.25, 0.3) is 0 Å². The molecule has 0 fully saturated rings. The van der Waals surface area contributed by atoms with Gasteiger partial charge in [0.1, 0.15) is 0 Å². The first kappa shape index (κ1) is 65.1. The molecule has 83 heavy (non-hydrogen) atoms. The molecule has 3 aliphatic carbocycles. The van der Waals surface area contributed by atoms with Crippen LogP contribution >= 0.6 is 0 Å². The molecular weight excluding hydrogens is 1000 g/mol. The Kier molecular flexibility index (Phi) is 27.6. The van der Waals surface area contributed by atoms with E-state index in [1.807, 2.05) is 50.3 Å². The lowest BCUT2D eigenvalue weighted by Crippen LogP contribution is -2.27. The third-order valence-corrected chi connectivity index (χ3v) is 14.8. The third kappa shape index (κ3) is 19.7. The number of allylic oxidation sites excluding steroid dienone is 25. The Bertz CT molecular complexity index is 3350. The second-order valence-electron chi connectivity index (χ2n) is 21.1. The molecule has 0 radical (unpaired) electrons. The third-order valence-electron chi connectivity index (χ3n) is 14.8. The van der Waals surface area contributed by atoms with Gasteiger partial charge in [0.15, 0.2) is 0 Å². The second kappa shape index (κ2) is 35.2. The average molecular weight is 1090 g/mol. The van der Waals surface area contributed by atoms with E-state index in [0.29, 0.717) is 18.4 Å². The standard InChI is InChI=1S/C39H43N.C18H18.C16H17N.C8H12/c1-8-12-20-38(30(5)6)39(29-32(16-9-2)17-10-3)40(36-18-14-13-15-19-36)37-27-25-35(26-28-37)34-23-21-33(22-24-34)31(7)11-4;1-3-17(18-12-9-15(2)10-13-18)14-11-16-7-5-4-6-8-16;1-16-9-5-4-8-15(16)14-7-3-2-6-13(14)12(10-16)11-17;1-3-5-7-8-6-4-2/h1,9-10,12,14,17-29,31H,2,5,11,13,15-16H2,3-4,6-7H3;3-14H,1-2H3;2-10,15H,11,17H2,1H3;3,5-8H,1,4H2,2H3/b17-10-,20-12-,32-29+,39-38+;14-11-,17-3+;;7-5-,8-6-. The Morgan fingerprint density at radius 2 is 1.53 bits per heavy atom. The van der Waals surface area contributed by atoms with Crippen molar-refractivity contribution in [3.63, 3.8) is 0 Å². The number of anilines is 1. The van der Waals surface area contributed by atoms with E-state index >= 15 is 0 Å². The van der Waals surface area contributed by atoms with E-state index < -0.39 is 0 Å². The summed E-state index contributed by atoms with van der Waals surface area (Å²) in [5.74, 6) is 3.67. The number of rotatable bonds is 19. The van der Waals surface area contributed by atoms with Crippen molar-refractivity contribution in [2.45, 2.75) is 99.3 Å². The predicted molar refractivity (Wildman–Crippen MR) is 369 cm³/mol. The van der Waals surface area contributed by atoms with Gasteiger partial charge in [0.05, 0.1) is 5.70 Å². The molecule has 3 unspecified atom stereocenters. The molecule has 2 nitrogen and oxygen atoms in total. The monoisotopic (exact) mass is 1090 g/mol. The van der Waals surface area contributed by atoms with Crippen molar-refractivity contribution in [3.8, 4) is 23.5 Å². The molecule has 5 aromatic rings. The lowest BCUT2D eigenvalue weighted by molar-refractivity contribution is 0.477. The minimum atomic E-state index is 0.0812. The summed E-state index contributed by atoms with van der Waals surface area (Å²) in [5.41, 5.74) is 25.1. The van der Waals surface area contributed by atoms with Gasteiger partial charge in [-0.05, 0) is 163 Å². The molecule has 0 bridgehead atoms. The number of aryl methyl sites for hydroxylation is 1. The van der Waals surface area contributed by atoms with Crippen LogP contribution in [-0.2, 0) is 0 Å². The van der Waals surface area contributed by atoms with Gasteiger partial charge in [-0.1, -0.05) is 277 Å². The van der Waals surface area contributed by atoms with E-state index in [1.54, 1.807) is 12.2 Å². The maximum Gasteiger partial charge on any atom is 0.0539 e. The van der Waals surface area contributed by atoms with Crippen LogP contribution in [0.4, 0.5) is 5.69 Å². The van der Waals surface area contributed by atoms with Crippen LogP contribution in [-0.4, -0.2) is 6.54 Å². The number of hydrogen-bond donors (Lipinski definition) is 1. The van der Waals surface area contributed by atoms with Crippen molar-refractivity contribution in [3.05, 3.63) is 336 Å². The molecule has 3 aliphatic rings. The van der Waals surface area contributed by atoms with Gasteiger partial charge < -0.3 is 10.6 Å². The van der Waals surface area contributed by atoms with Gasteiger partial charge in [0, 0.05) is 34.8 Å². The molecule has 0 aromatic heterocycles. The molecule has 424 valence electrons. The Morgan fingerprint density at radius 3 is 2.13 bits per heavy atom. The highest BCUT2D eigenvalue weighted by molar-refractivity contribution is 5.79. The molecule has 8 rings (SSSR count). The molecule has 5 aromatic carbocycles. The number of benzene rings is 5. The average Bonchev–Trinajstić information content (AvgIpc) is 2.87. The van der Waals surface area contributed by atoms with Crippen LogP contribution in [0.3, 0.4) is 0 Å². The summed E-state index contributed by atoms with van der Waals surface area (Å²) in [4.78, 5) is 2.32. The van der Waals surface area contributed by atoms with Gasteiger partial charge in [-0.2, -0.15) is 0 Å². The van der Waals surface area contributed by atoms with E-state index in [2.05, 4.69) is 285 Å². The van der Waals surface area contributed by atoms with Crippen molar-refractivity contribution >= 4 is 22.9 Å². The highest BCUT2D eigenvalue weighted by Gasteiger charge is 2.36. The summed E-state index contributed by atoms with van der Waals surface area (Å²) in [6, 6.07) is 45.4. The SMILES string of the molecule is C#C\C=C/C(C(=C)C)=C(/C=C(/C=C\C)CC=C)N(C1=CCCC=C1)c1ccc(-c2ccc(C(C)CC)cc2)cc1.C/C=C(\C=C/c1ccccc1)c1ccc(C)cc1.C=C/C=C\C=C/CC.CC12C=CC=CC1c1ccccc1C(CN)=C2. The van der Waals surface area contributed by atoms with Gasteiger partial charge >= 0.3 is 0 Å². The van der Waals surface area contributed by atoms with E-state index in [4.69, 9.17) is 12.2 Å². The van der Waals surface area contributed by atoms with Crippen LogP contribution in [0, 0.1) is 24.7 Å². The van der Waals surface area contributed by atoms with Crippen LogP contribution in [0.2, 0.25) is 0 Å². The van der Waals surface area contributed by atoms with Crippen molar-refractivity contribution in [1.29, 1.82) is 0 Å². The number of nitrogens with zero attached hydrogens (tertiary/aromatic N) is 1. The quantitative estimate of drug-likeness (QED) is 0.0507. The Hall–Kier alpha value is -8.74. The highest BCUT2D eigenvalue weighted by Crippen LogP contribution is 2.49. The Morgan fingerprint density at radius 1 is 0.831 bits per heavy atom. The summed E-state index contributed by atoms with van der Waals surface area (Å²) in [6.07, 6.45) is 56.9.